The van der Waals surface area contributed by atoms with Crippen molar-refractivity contribution < 1.29 is 4.42 Å². The summed E-state index contributed by atoms with van der Waals surface area (Å²) in [6.45, 7) is 8.47. The maximum absolute atomic E-state index is 12.5. The van der Waals surface area contributed by atoms with Gasteiger partial charge in [0.25, 0.3) is 5.56 Å². The molecule has 0 radical (unpaired) electrons. The molecule has 3 heterocycles. The second-order valence-corrected chi connectivity index (χ2v) is 6.94. The second-order valence-electron chi connectivity index (χ2n) is 6.94. The number of piperazine rings is 1. The molecule has 2 aromatic heterocycles. The highest BCUT2D eigenvalue weighted by atomic mass is 16.3. The Morgan fingerprint density at radius 3 is 2.65 bits per heavy atom. The summed E-state index contributed by atoms with van der Waals surface area (Å²) in [4.78, 5) is 25.9. The molecule has 7 heteroatoms. The molecule has 0 spiro atoms. The maximum Gasteiger partial charge on any atom is 0.261 e. The minimum atomic E-state index is 0.0207. The molecule has 1 aliphatic rings. The van der Waals surface area contributed by atoms with Crippen LogP contribution >= 0.6 is 0 Å². The zero-order valence-corrected chi connectivity index (χ0v) is 15.1. The molecular weight excluding hydrogens is 330 g/mol. The molecule has 1 saturated heterocycles. The Hall–Kier alpha value is -2.67. The molecule has 3 aromatic rings. The molecule has 0 amide bonds. The van der Waals surface area contributed by atoms with Crippen molar-refractivity contribution in [3.8, 4) is 0 Å². The first-order valence-corrected chi connectivity index (χ1v) is 8.98. The Labute approximate surface area is 151 Å². The molecule has 7 nitrogen and oxygen atoms in total. The Kier molecular flexibility index (Phi) is 4.46. The average Bonchev–Trinajstić information content (AvgIpc) is 3.15. The minimum Gasteiger partial charge on any atom is -0.448 e. The molecule has 1 aromatic carbocycles. The summed E-state index contributed by atoms with van der Waals surface area (Å²) in [5, 5.41) is 0.674. The van der Waals surface area contributed by atoms with Crippen molar-refractivity contribution in [2.45, 2.75) is 26.4 Å². The molecule has 4 rings (SSSR count). The number of anilines is 1. The second kappa shape index (κ2) is 6.92. The largest absolute Gasteiger partial charge is 0.448 e. The van der Waals surface area contributed by atoms with E-state index in [1.807, 2.05) is 32.0 Å². The van der Waals surface area contributed by atoms with E-state index in [1.165, 1.54) is 0 Å². The molecule has 1 aliphatic heterocycles. The van der Waals surface area contributed by atoms with Crippen LogP contribution in [0.25, 0.3) is 10.9 Å². The quantitative estimate of drug-likeness (QED) is 0.717. The third-order valence-electron chi connectivity index (χ3n) is 4.90. The van der Waals surface area contributed by atoms with Crippen LogP contribution < -0.4 is 10.5 Å². The molecule has 0 unspecified atom stereocenters. The van der Waals surface area contributed by atoms with Gasteiger partial charge in [0, 0.05) is 37.9 Å². The summed E-state index contributed by atoms with van der Waals surface area (Å²) < 4.78 is 7.00. The summed E-state index contributed by atoms with van der Waals surface area (Å²) >= 11 is 0. The number of rotatable bonds is 4. The van der Waals surface area contributed by atoms with Crippen molar-refractivity contribution in [1.29, 1.82) is 0 Å². The number of aromatic nitrogens is 3. The van der Waals surface area contributed by atoms with Gasteiger partial charge in [-0.15, -0.1) is 0 Å². The lowest BCUT2D eigenvalue weighted by molar-refractivity contribution is 0.226. The normalized spacial score (nSPS) is 15.9. The fourth-order valence-corrected chi connectivity index (χ4v) is 3.37. The Morgan fingerprint density at radius 2 is 1.96 bits per heavy atom. The standard InChI is InChI=1S/C19H23N5O2/c1-14(2)24-13-21-17-11-15(3-4-16(17)19(24)25)23-8-6-22(7-9-23)12-18-20-5-10-26-18/h3-5,10-11,13-14H,6-9,12H2,1-2H3. The third kappa shape index (κ3) is 3.22. The van der Waals surface area contributed by atoms with Gasteiger partial charge in [-0.05, 0) is 32.0 Å². The fraction of sp³-hybridized carbons (Fsp3) is 0.421. The number of hydrogen-bond donors (Lipinski definition) is 0. The van der Waals surface area contributed by atoms with Crippen LogP contribution in [0.1, 0.15) is 25.8 Å². The Morgan fingerprint density at radius 1 is 1.15 bits per heavy atom. The van der Waals surface area contributed by atoms with Crippen molar-refractivity contribution in [2.24, 2.45) is 0 Å². The highest BCUT2D eigenvalue weighted by Gasteiger charge is 2.19. The summed E-state index contributed by atoms with van der Waals surface area (Å²) in [6, 6.07) is 6.05. The van der Waals surface area contributed by atoms with Gasteiger partial charge in [-0.3, -0.25) is 14.3 Å². The van der Waals surface area contributed by atoms with Crippen LogP contribution in [0.5, 0.6) is 0 Å². The summed E-state index contributed by atoms with van der Waals surface area (Å²) in [5.74, 6) is 0.759. The molecule has 0 aliphatic carbocycles. The van der Waals surface area contributed by atoms with E-state index in [0.29, 0.717) is 5.39 Å². The SMILES string of the molecule is CC(C)n1cnc2cc(N3CCN(Cc4ncco4)CC3)ccc2c1=O. The molecule has 136 valence electrons. The highest BCUT2D eigenvalue weighted by molar-refractivity contribution is 5.81. The van der Waals surface area contributed by atoms with Crippen molar-refractivity contribution in [1.82, 2.24) is 19.4 Å². The lowest BCUT2D eigenvalue weighted by atomic mass is 10.2. The Bertz CT molecular complexity index is 940. The number of benzene rings is 1. The van der Waals surface area contributed by atoms with E-state index >= 15 is 0 Å². The third-order valence-corrected chi connectivity index (χ3v) is 4.90. The van der Waals surface area contributed by atoms with E-state index in [-0.39, 0.29) is 11.6 Å². The van der Waals surface area contributed by atoms with Gasteiger partial charge in [0.1, 0.15) is 6.26 Å². The number of oxazole rings is 1. The van der Waals surface area contributed by atoms with Gasteiger partial charge in [0.05, 0.1) is 30.0 Å². The van der Waals surface area contributed by atoms with E-state index in [2.05, 4.69) is 19.8 Å². The van der Waals surface area contributed by atoms with Gasteiger partial charge >= 0.3 is 0 Å². The van der Waals surface area contributed by atoms with Crippen LogP contribution in [-0.4, -0.2) is 45.6 Å². The lowest BCUT2D eigenvalue weighted by Gasteiger charge is -2.35. The first-order valence-electron chi connectivity index (χ1n) is 8.98. The van der Waals surface area contributed by atoms with Crippen LogP contribution in [0.15, 0.2) is 46.2 Å². The fourth-order valence-electron chi connectivity index (χ4n) is 3.37. The van der Waals surface area contributed by atoms with Gasteiger partial charge in [0.15, 0.2) is 0 Å². The zero-order chi connectivity index (χ0) is 18.1. The Balaban J connectivity index is 1.49. The van der Waals surface area contributed by atoms with Crippen molar-refractivity contribution >= 4 is 16.6 Å². The van der Waals surface area contributed by atoms with E-state index in [9.17, 15) is 4.79 Å². The number of nitrogens with zero attached hydrogens (tertiary/aromatic N) is 5. The van der Waals surface area contributed by atoms with Gasteiger partial charge in [-0.25, -0.2) is 9.97 Å². The topological polar surface area (TPSA) is 67.4 Å². The average molecular weight is 353 g/mol. The van der Waals surface area contributed by atoms with E-state index < -0.39 is 0 Å². The summed E-state index contributed by atoms with van der Waals surface area (Å²) in [5.41, 5.74) is 1.89. The van der Waals surface area contributed by atoms with Crippen molar-refractivity contribution in [2.75, 3.05) is 31.1 Å². The van der Waals surface area contributed by atoms with Crippen molar-refractivity contribution in [3.05, 3.63) is 53.2 Å². The molecule has 1 fully saturated rings. The van der Waals surface area contributed by atoms with Gasteiger partial charge in [-0.2, -0.15) is 0 Å². The predicted octanol–water partition coefficient (Wildman–Crippen LogP) is 2.29. The van der Waals surface area contributed by atoms with Crippen LogP contribution in [0.2, 0.25) is 0 Å². The zero-order valence-electron chi connectivity index (χ0n) is 15.1. The van der Waals surface area contributed by atoms with Crippen LogP contribution in [0.3, 0.4) is 0 Å². The van der Waals surface area contributed by atoms with Crippen molar-refractivity contribution in [3.63, 3.8) is 0 Å². The molecule has 26 heavy (non-hydrogen) atoms. The van der Waals surface area contributed by atoms with E-state index in [0.717, 1.165) is 49.8 Å². The summed E-state index contributed by atoms with van der Waals surface area (Å²) in [7, 11) is 0. The van der Waals surface area contributed by atoms with E-state index in [4.69, 9.17) is 4.42 Å². The lowest BCUT2D eigenvalue weighted by Crippen LogP contribution is -2.46. The molecule has 0 atom stereocenters. The number of hydrogen-bond acceptors (Lipinski definition) is 6. The molecule has 0 bridgehead atoms. The monoisotopic (exact) mass is 353 g/mol. The molecule has 0 N–H and O–H groups in total. The maximum atomic E-state index is 12.5. The van der Waals surface area contributed by atoms with Gasteiger partial charge in [-0.1, -0.05) is 0 Å². The van der Waals surface area contributed by atoms with Gasteiger partial charge in [0.2, 0.25) is 5.89 Å². The minimum absolute atomic E-state index is 0.0207. The number of fused-ring (bicyclic) bond motifs is 1. The van der Waals surface area contributed by atoms with E-state index in [1.54, 1.807) is 23.4 Å². The highest BCUT2D eigenvalue weighted by Crippen LogP contribution is 2.21. The molecular formula is C19H23N5O2. The van der Waals surface area contributed by atoms with Crippen LogP contribution in [0, 0.1) is 0 Å². The smallest absolute Gasteiger partial charge is 0.261 e. The van der Waals surface area contributed by atoms with Crippen LogP contribution in [0.4, 0.5) is 5.69 Å². The van der Waals surface area contributed by atoms with Crippen LogP contribution in [-0.2, 0) is 6.54 Å². The van der Waals surface area contributed by atoms with Gasteiger partial charge < -0.3 is 9.32 Å². The summed E-state index contributed by atoms with van der Waals surface area (Å²) in [6.07, 6.45) is 4.94. The first-order chi connectivity index (χ1) is 12.6. The first kappa shape index (κ1) is 16.8. The predicted molar refractivity (Wildman–Crippen MR) is 100 cm³/mol. The molecule has 0 saturated carbocycles.